The summed E-state index contributed by atoms with van der Waals surface area (Å²) in [6.07, 6.45) is 2.68. The van der Waals surface area contributed by atoms with E-state index in [2.05, 4.69) is 11.8 Å². The quantitative estimate of drug-likeness (QED) is 0.693. The van der Waals surface area contributed by atoms with Gasteiger partial charge >= 0.3 is 0 Å². The number of hydrogen-bond donors (Lipinski definition) is 0. The SMILES string of the molecule is CCN1CCC2(CN(CCOC)CC23CCN(C(=O)c2ccc(OC)cc2)CC3)C1=O. The number of rotatable bonds is 6. The summed E-state index contributed by atoms with van der Waals surface area (Å²) in [7, 11) is 3.35. The fraction of sp³-hybridized carbons (Fsp3) is 0.667. The van der Waals surface area contributed by atoms with Crippen molar-refractivity contribution in [2.24, 2.45) is 10.8 Å². The average molecular weight is 430 g/mol. The van der Waals surface area contributed by atoms with E-state index in [0.29, 0.717) is 31.2 Å². The molecule has 0 N–H and O–H groups in total. The van der Waals surface area contributed by atoms with Gasteiger partial charge in [0.25, 0.3) is 5.91 Å². The van der Waals surface area contributed by atoms with Gasteiger partial charge in [-0.15, -0.1) is 0 Å². The number of piperidine rings is 1. The van der Waals surface area contributed by atoms with E-state index >= 15 is 0 Å². The fourth-order valence-electron chi connectivity index (χ4n) is 6.03. The van der Waals surface area contributed by atoms with Crippen LogP contribution in [0.4, 0.5) is 0 Å². The van der Waals surface area contributed by atoms with Crippen LogP contribution < -0.4 is 4.74 Å². The first-order valence-electron chi connectivity index (χ1n) is 11.4. The molecular formula is C24H35N3O4. The number of carbonyl (C=O) groups is 2. The number of fused-ring (bicyclic) bond motifs is 1. The maximum atomic E-state index is 13.5. The van der Waals surface area contributed by atoms with E-state index in [1.807, 2.05) is 34.1 Å². The van der Waals surface area contributed by atoms with E-state index < -0.39 is 0 Å². The minimum Gasteiger partial charge on any atom is -0.497 e. The molecule has 0 radical (unpaired) electrons. The normalized spacial score (nSPS) is 25.7. The molecule has 7 heteroatoms. The fourth-order valence-corrected chi connectivity index (χ4v) is 6.03. The van der Waals surface area contributed by atoms with Crippen molar-refractivity contribution in [3.8, 4) is 5.75 Å². The second-order valence-corrected chi connectivity index (χ2v) is 9.22. The Morgan fingerprint density at radius 3 is 2.32 bits per heavy atom. The minimum atomic E-state index is -0.313. The molecule has 0 aromatic heterocycles. The van der Waals surface area contributed by atoms with Gasteiger partial charge in [0.05, 0.1) is 19.1 Å². The number of hydrogen-bond acceptors (Lipinski definition) is 5. The first-order chi connectivity index (χ1) is 15.0. The number of carbonyl (C=O) groups excluding carboxylic acids is 2. The molecule has 3 aliphatic rings. The summed E-state index contributed by atoms with van der Waals surface area (Å²) in [5.41, 5.74) is 0.318. The third-order valence-corrected chi connectivity index (χ3v) is 7.88. The highest BCUT2D eigenvalue weighted by Crippen LogP contribution is 2.57. The van der Waals surface area contributed by atoms with E-state index in [4.69, 9.17) is 9.47 Å². The molecule has 1 aromatic rings. The second-order valence-electron chi connectivity index (χ2n) is 9.22. The predicted molar refractivity (Wildman–Crippen MR) is 118 cm³/mol. The maximum absolute atomic E-state index is 13.5. The topological polar surface area (TPSA) is 62.3 Å². The average Bonchev–Trinajstić information content (AvgIpc) is 3.29. The Bertz CT molecular complexity index is 804. The summed E-state index contributed by atoms with van der Waals surface area (Å²) < 4.78 is 10.5. The molecule has 31 heavy (non-hydrogen) atoms. The van der Waals surface area contributed by atoms with E-state index in [-0.39, 0.29) is 16.7 Å². The van der Waals surface area contributed by atoms with Crippen LogP contribution in [0.25, 0.3) is 0 Å². The van der Waals surface area contributed by atoms with Gasteiger partial charge < -0.3 is 19.3 Å². The summed E-state index contributed by atoms with van der Waals surface area (Å²) in [4.78, 5) is 33.0. The lowest BCUT2D eigenvalue weighted by molar-refractivity contribution is -0.141. The molecule has 1 atom stereocenters. The van der Waals surface area contributed by atoms with Crippen LogP contribution in [0.15, 0.2) is 24.3 Å². The Balaban J connectivity index is 1.51. The number of nitrogens with zero attached hydrogens (tertiary/aromatic N) is 3. The molecule has 1 unspecified atom stereocenters. The molecule has 3 saturated heterocycles. The minimum absolute atomic E-state index is 0.0571. The highest BCUT2D eigenvalue weighted by Gasteiger charge is 2.64. The van der Waals surface area contributed by atoms with Gasteiger partial charge in [0.2, 0.25) is 5.91 Å². The zero-order chi connectivity index (χ0) is 22.1. The summed E-state index contributed by atoms with van der Waals surface area (Å²) >= 11 is 0. The van der Waals surface area contributed by atoms with Crippen LogP contribution in [0, 0.1) is 10.8 Å². The van der Waals surface area contributed by atoms with Crippen molar-refractivity contribution in [3.05, 3.63) is 29.8 Å². The van der Waals surface area contributed by atoms with Crippen molar-refractivity contribution in [1.29, 1.82) is 0 Å². The van der Waals surface area contributed by atoms with Gasteiger partial charge in [-0.05, 0) is 50.5 Å². The van der Waals surface area contributed by atoms with Gasteiger partial charge in [-0.3, -0.25) is 14.5 Å². The Kier molecular flexibility index (Phi) is 6.26. The molecule has 0 saturated carbocycles. The molecular weight excluding hydrogens is 394 g/mol. The predicted octanol–water partition coefficient (Wildman–Crippen LogP) is 2.12. The Morgan fingerprint density at radius 2 is 1.74 bits per heavy atom. The molecule has 2 amide bonds. The lowest BCUT2D eigenvalue weighted by Gasteiger charge is -2.47. The van der Waals surface area contributed by atoms with Crippen molar-refractivity contribution in [2.75, 3.05) is 66.6 Å². The van der Waals surface area contributed by atoms with Crippen LogP contribution >= 0.6 is 0 Å². The highest BCUT2D eigenvalue weighted by molar-refractivity contribution is 5.94. The number of methoxy groups -OCH3 is 2. The second kappa shape index (κ2) is 8.79. The number of likely N-dealkylation sites (tertiary alicyclic amines) is 3. The zero-order valence-electron chi connectivity index (χ0n) is 19.1. The van der Waals surface area contributed by atoms with Gasteiger partial charge in [0, 0.05) is 63.9 Å². The van der Waals surface area contributed by atoms with E-state index in [1.54, 1.807) is 14.2 Å². The van der Waals surface area contributed by atoms with Gasteiger partial charge in [0.15, 0.2) is 0 Å². The number of ether oxygens (including phenoxy) is 2. The van der Waals surface area contributed by atoms with Gasteiger partial charge in [-0.2, -0.15) is 0 Å². The van der Waals surface area contributed by atoms with Crippen molar-refractivity contribution in [3.63, 3.8) is 0 Å². The molecule has 3 heterocycles. The Hall–Kier alpha value is -2.12. The summed E-state index contributed by atoms with van der Waals surface area (Å²) in [6.45, 7) is 8.36. The lowest BCUT2D eigenvalue weighted by atomic mass is 9.60. The lowest BCUT2D eigenvalue weighted by Crippen LogP contribution is -2.53. The standard InChI is InChI=1S/C24H35N3O4/c1-4-26-14-11-24(22(26)29)18-25(15-16-30-2)17-23(24)9-12-27(13-10-23)21(28)19-5-7-20(31-3)8-6-19/h5-8H,4,9-18H2,1-3H3. The van der Waals surface area contributed by atoms with Gasteiger partial charge in [-0.25, -0.2) is 0 Å². The molecule has 7 nitrogen and oxygen atoms in total. The van der Waals surface area contributed by atoms with E-state index in [0.717, 1.165) is 57.7 Å². The smallest absolute Gasteiger partial charge is 0.253 e. The van der Waals surface area contributed by atoms with Crippen LogP contribution in [0.5, 0.6) is 5.75 Å². The van der Waals surface area contributed by atoms with Crippen LogP contribution in [-0.4, -0.2) is 93.2 Å². The van der Waals surface area contributed by atoms with Crippen molar-refractivity contribution in [2.45, 2.75) is 26.2 Å². The molecule has 2 spiro atoms. The first-order valence-corrected chi connectivity index (χ1v) is 11.4. The van der Waals surface area contributed by atoms with E-state index in [1.165, 1.54) is 0 Å². The number of benzene rings is 1. The third kappa shape index (κ3) is 3.72. The maximum Gasteiger partial charge on any atom is 0.253 e. The summed E-state index contributed by atoms with van der Waals surface area (Å²) in [5, 5.41) is 0. The Morgan fingerprint density at radius 1 is 1.03 bits per heavy atom. The van der Waals surface area contributed by atoms with Crippen LogP contribution in [0.1, 0.15) is 36.5 Å². The van der Waals surface area contributed by atoms with Crippen LogP contribution in [0.3, 0.4) is 0 Å². The van der Waals surface area contributed by atoms with Crippen LogP contribution in [-0.2, 0) is 9.53 Å². The summed E-state index contributed by atoms with van der Waals surface area (Å²) in [6, 6.07) is 7.31. The summed E-state index contributed by atoms with van der Waals surface area (Å²) in [5.74, 6) is 1.14. The molecule has 3 aliphatic heterocycles. The zero-order valence-corrected chi connectivity index (χ0v) is 19.1. The van der Waals surface area contributed by atoms with Gasteiger partial charge in [-0.1, -0.05) is 0 Å². The van der Waals surface area contributed by atoms with E-state index in [9.17, 15) is 9.59 Å². The number of amides is 2. The molecule has 170 valence electrons. The first kappa shape index (κ1) is 22.1. The molecule has 1 aromatic carbocycles. The monoisotopic (exact) mass is 429 g/mol. The molecule has 3 fully saturated rings. The highest BCUT2D eigenvalue weighted by atomic mass is 16.5. The molecule has 0 aliphatic carbocycles. The van der Waals surface area contributed by atoms with Crippen molar-refractivity contribution in [1.82, 2.24) is 14.7 Å². The van der Waals surface area contributed by atoms with Crippen molar-refractivity contribution >= 4 is 11.8 Å². The van der Waals surface area contributed by atoms with Gasteiger partial charge in [0.1, 0.15) is 5.75 Å². The largest absolute Gasteiger partial charge is 0.497 e. The van der Waals surface area contributed by atoms with Crippen LogP contribution in [0.2, 0.25) is 0 Å². The molecule has 0 bridgehead atoms. The Labute approximate surface area is 185 Å². The third-order valence-electron chi connectivity index (χ3n) is 7.88. The molecule has 4 rings (SSSR count). The van der Waals surface area contributed by atoms with Crippen molar-refractivity contribution < 1.29 is 19.1 Å².